The molecule has 4 nitrogen and oxygen atoms in total. The molecule has 0 bridgehead atoms. The normalized spacial score (nSPS) is 9.94. The molecule has 1 aromatic rings. The Morgan fingerprint density at radius 1 is 0.833 bits per heavy atom. The van der Waals surface area contributed by atoms with Gasteiger partial charge in [0.05, 0.1) is 0 Å². The van der Waals surface area contributed by atoms with Crippen molar-refractivity contribution in [3.8, 4) is 11.1 Å². The van der Waals surface area contributed by atoms with Crippen LogP contribution in [0.5, 0.6) is 0 Å². The molecule has 0 radical (unpaired) electrons. The van der Waals surface area contributed by atoms with Crippen molar-refractivity contribution in [2.75, 3.05) is 0 Å². The smallest absolute Gasteiger partial charge is 0.168 e. The molecule has 1 atom stereocenters. The van der Waals surface area contributed by atoms with Crippen LogP contribution in [0.15, 0.2) is 54.6 Å². The van der Waals surface area contributed by atoms with E-state index in [1.165, 1.54) is 11.1 Å². The number of hydrogen-bond acceptors (Lipinski definition) is 3. The second-order valence-electron chi connectivity index (χ2n) is 3.25. The van der Waals surface area contributed by atoms with Crippen LogP contribution in [-0.2, 0) is 16.1 Å². The van der Waals surface area contributed by atoms with Crippen molar-refractivity contribution in [1.29, 1.82) is 0 Å². The maximum absolute atomic E-state index is 10.3. The van der Waals surface area contributed by atoms with E-state index in [-0.39, 0.29) is 0 Å². The third kappa shape index (κ3) is 4.30. The Morgan fingerprint density at radius 2 is 1.22 bits per heavy atom. The van der Waals surface area contributed by atoms with E-state index in [1.807, 2.05) is 6.07 Å². The predicted octanol–water partition coefficient (Wildman–Crippen LogP) is 2.04. The van der Waals surface area contributed by atoms with E-state index in [4.69, 9.17) is 13.3 Å². The van der Waals surface area contributed by atoms with Crippen molar-refractivity contribution in [3.05, 3.63) is 54.6 Å². The molecule has 18 heavy (non-hydrogen) atoms. The topological polar surface area (TPSA) is 71.4 Å². The molecular formula is C12H10O4PS+. The third-order valence-corrected chi connectivity index (χ3v) is 2.94. The molecular weight excluding hydrogens is 271 g/mol. The average Bonchev–Trinajstić information content (AvgIpc) is 2.36. The first-order valence-electron chi connectivity index (χ1n) is 4.92. The van der Waals surface area contributed by atoms with Gasteiger partial charge in [-0.3, -0.25) is 0 Å². The van der Waals surface area contributed by atoms with E-state index in [0.717, 1.165) is 0 Å². The molecule has 1 N–H and O–H groups in total. The standard InChI is InChI=1S/C6H5O2P.C6H4.O2S/c7-9(8)6-4-2-1-3-5-6;1-2-6-4-3-5(1)6;1-3-2/h1-5H;1-4H;/p+1. The lowest BCUT2D eigenvalue weighted by molar-refractivity contribution is 0.513. The fraction of sp³-hybridized carbons (Fsp3) is 0. The molecule has 3 rings (SSSR count). The molecule has 0 heterocycles. The first-order valence-corrected chi connectivity index (χ1v) is 6.80. The minimum Gasteiger partial charge on any atom is -0.168 e. The summed E-state index contributed by atoms with van der Waals surface area (Å²) in [5, 5.41) is 0.479. The summed E-state index contributed by atoms with van der Waals surface area (Å²) < 4.78 is 26.9. The summed E-state index contributed by atoms with van der Waals surface area (Å²) in [6.07, 6.45) is 0. The molecule has 1 aromatic carbocycles. The van der Waals surface area contributed by atoms with Crippen LogP contribution in [0.3, 0.4) is 0 Å². The van der Waals surface area contributed by atoms with Crippen molar-refractivity contribution < 1.29 is 17.9 Å². The lowest BCUT2D eigenvalue weighted by Crippen LogP contribution is -1.91. The summed E-state index contributed by atoms with van der Waals surface area (Å²) in [6, 6.07) is 17.0. The molecule has 0 saturated heterocycles. The van der Waals surface area contributed by atoms with Crippen LogP contribution in [-0.4, -0.2) is 13.3 Å². The summed E-state index contributed by atoms with van der Waals surface area (Å²) in [4.78, 5) is 8.53. The third-order valence-electron chi connectivity index (χ3n) is 2.20. The lowest BCUT2D eigenvalue weighted by atomic mass is 9.95. The van der Waals surface area contributed by atoms with Crippen LogP contribution in [0.2, 0.25) is 0 Å². The zero-order chi connectivity index (χ0) is 13.4. The summed E-state index contributed by atoms with van der Waals surface area (Å²) in [6.45, 7) is 0. The monoisotopic (exact) mass is 281 g/mol. The molecule has 92 valence electrons. The molecule has 2 aliphatic carbocycles. The zero-order valence-corrected chi connectivity index (χ0v) is 10.9. The van der Waals surface area contributed by atoms with E-state index in [0.29, 0.717) is 5.30 Å². The van der Waals surface area contributed by atoms with Crippen LogP contribution >= 0.6 is 8.03 Å². The van der Waals surface area contributed by atoms with Crippen LogP contribution in [0, 0.1) is 0 Å². The average molecular weight is 281 g/mol. The SMILES string of the molecule is O=S=O.O=[P+](O)c1ccccc1.c1cc2ccc1-2. The Labute approximate surface area is 109 Å². The van der Waals surface area contributed by atoms with E-state index < -0.39 is 19.6 Å². The van der Waals surface area contributed by atoms with Crippen LogP contribution in [0.4, 0.5) is 0 Å². The fourth-order valence-corrected chi connectivity index (χ4v) is 1.65. The largest absolute Gasteiger partial charge is 0.546 e. The lowest BCUT2D eigenvalue weighted by Gasteiger charge is -2.10. The molecule has 0 fully saturated rings. The van der Waals surface area contributed by atoms with Crippen molar-refractivity contribution in [1.82, 2.24) is 0 Å². The van der Waals surface area contributed by atoms with Crippen LogP contribution < -0.4 is 5.30 Å². The van der Waals surface area contributed by atoms with Gasteiger partial charge in [0.25, 0.3) is 0 Å². The molecule has 0 aliphatic heterocycles. The highest BCUT2D eigenvalue weighted by Gasteiger charge is 2.12. The maximum Gasteiger partial charge on any atom is 0.546 e. The molecule has 2 aliphatic rings. The Hall–Kier alpha value is -1.68. The van der Waals surface area contributed by atoms with Gasteiger partial charge in [-0.05, 0) is 27.8 Å². The van der Waals surface area contributed by atoms with Crippen molar-refractivity contribution in [3.63, 3.8) is 0 Å². The van der Waals surface area contributed by atoms with Crippen molar-refractivity contribution >= 4 is 24.9 Å². The van der Waals surface area contributed by atoms with Gasteiger partial charge in [0.2, 0.25) is 5.30 Å². The minimum atomic E-state index is -2.15. The van der Waals surface area contributed by atoms with Gasteiger partial charge in [-0.15, -0.1) is 0 Å². The highest BCUT2D eigenvalue weighted by molar-refractivity contribution is 7.51. The summed E-state index contributed by atoms with van der Waals surface area (Å²) in [7, 11) is -2.15. The highest BCUT2D eigenvalue weighted by Crippen LogP contribution is 2.29. The van der Waals surface area contributed by atoms with Gasteiger partial charge in [0, 0.05) is 0 Å². The van der Waals surface area contributed by atoms with Gasteiger partial charge in [-0.2, -0.15) is 13.3 Å². The van der Waals surface area contributed by atoms with E-state index in [1.54, 1.807) is 24.3 Å². The van der Waals surface area contributed by atoms with Crippen LogP contribution in [0.25, 0.3) is 11.1 Å². The Bertz CT molecular complexity index is 527. The number of rotatable bonds is 1. The Balaban J connectivity index is 0.000000154. The van der Waals surface area contributed by atoms with E-state index in [9.17, 15) is 4.57 Å². The molecule has 0 aromatic heterocycles. The fourth-order valence-electron chi connectivity index (χ4n) is 1.22. The van der Waals surface area contributed by atoms with Gasteiger partial charge >= 0.3 is 19.6 Å². The van der Waals surface area contributed by atoms with Gasteiger partial charge < -0.3 is 0 Å². The van der Waals surface area contributed by atoms with Crippen LogP contribution in [0.1, 0.15) is 0 Å². The van der Waals surface area contributed by atoms with Crippen molar-refractivity contribution in [2.45, 2.75) is 0 Å². The second kappa shape index (κ2) is 7.61. The predicted molar refractivity (Wildman–Crippen MR) is 70.3 cm³/mol. The Kier molecular flexibility index (Phi) is 6.08. The summed E-state index contributed by atoms with van der Waals surface area (Å²) in [5.74, 6) is 0. The number of hydrogen-bond donors (Lipinski definition) is 1. The number of fused-ring (bicyclic) bond motifs is 1. The molecule has 0 spiro atoms. The molecule has 0 amide bonds. The molecule has 1 unspecified atom stereocenters. The minimum absolute atomic E-state index is 0.479. The Morgan fingerprint density at radius 3 is 1.39 bits per heavy atom. The zero-order valence-electron chi connectivity index (χ0n) is 9.22. The number of benzene rings is 2. The van der Waals surface area contributed by atoms with Gasteiger partial charge in [-0.1, -0.05) is 42.5 Å². The van der Waals surface area contributed by atoms with Crippen molar-refractivity contribution in [2.24, 2.45) is 0 Å². The van der Waals surface area contributed by atoms with E-state index >= 15 is 0 Å². The van der Waals surface area contributed by atoms with E-state index in [2.05, 4.69) is 24.3 Å². The maximum atomic E-state index is 10.3. The summed E-state index contributed by atoms with van der Waals surface area (Å²) in [5.41, 5.74) is 2.85. The van der Waals surface area contributed by atoms with Gasteiger partial charge in [0.1, 0.15) is 0 Å². The molecule has 0 saturated carbocycles. The summed E-state index contributed by atoms with van der Waals surface area (Å²) >= 11 is -0.750. The first-order chi connectivity index (χ1) is 8.69. The van der Waals surface area contributed by atoms with Gasteiger partial charge in [0.15, 0.2) is 0 Å². The second-order valence-corrected chi connectivity index (χ2v) is 4.45. The quantitative estimate of drug-likeness (QED) is 0.693. The first kappa shape index (κ1) is 14.4. The van der Waals surface area contributed by atoms with Gasteiger partial charge in [-0.25, -0.2) is 0 Å². The highest BCUT2D eigenvalue weighted by atomic mass is 32.1. The molecule has 6 heteroatoms.